The number of halogens is 2. The summed E-state index contributed by atoms with van der Waals surface area (Å²) in [5.74, 6) is -1.36. The molecule has 0 aliphatic carbocycles. The smallest absolute Gasteiger partial charge is 0.251 e. The monoisotopic (exact) mass is 343 g/mol. The SMILES string of the molecule is CC(Cc1nc(-c2ccccc2)no1)NC(=O)c1cc(F)cc(F)c1. The van der Waals surface area contributed by atoms with Crippen LogP contribution >= 0.6 is 0 Å². The van der Waals surface area contributed by atoms with Crippen LogP contribution in [0.4, 0.5) is 8.78 Å². The molecule has 0 bridgehead atoms. The highest BCUT2D eigenvalue weighted by atomic mass is 19.1. The number of nitrogens with zero attached hydrogens (tertiary/aromatic N) is 2. The molecule has 1 atom stereocenters. The second-order valence-electron chi connectivity index (χ2n) is 5.61. The topological polar surface area (TPSA) is 68.0 Å². The van der Waals surface area contributed by atoms with E-state index >= 15 is 0 Å². The second-order valence-corrected chi connectivity index (χ2v) is 5.61. The molecule has 0 aliphatic rings. The van der Waals surface area contributed by atoms with Crippen molar-refractivity contribution >= 4 is 5.91 Å². The molecule has 1 unspecified atom stereocenters. The van der Waals surface area contributed by atoms with Crippen LogP contribution in [0.2, 0.25) is 0 Å². The number of carbonyl (C=O) groups is 1. The zero-order valence-electron chi connectivity index (χ0n) is 13.4. The van der Waals surface area contributed by atoms with Gasteiger partial charge in [-0.2, -0.15) is 4.98 Å². The standard InChI is InChI=1S/C18H15F2N3O2/c1-11(21-18(24)13-8-14(19)10-15(20)9-13)7-16-22-17(23-25-16)12-5-3-2-4-6-12/h2-6,8-11H,7H2,1H3,(H,21,24). The van der Waals surface area contributed by atoms with Crippen LogP contribution in [0.5, 0.6) is 0 Å². The van der Waals surface area contributed by atoms with Crippen molar-refractivity contribution in [3.63, 3.8) is 0 Å². The third-order valence-corrected chi connectivity index (χ3v) is 3.48. The van der Waals surface area contributed by atoms with Crippen molar-refractivity contribution in [3.05, 3.63) is 71.6 Å². The summed E-state index contributed by atoms with van der Waals surface area (Å²) < 4.78 is 31.5. The van der Waals surface area contributed by atoms with Gasteiger partial charge in [-0.25, -0.2) is 8.78 Å². The summed E-state index contributed by atoms with van der Waals surface area (Å²) in [6, 6.07) is 11.6. The van der Waals surface area contributed by atoms with Crippen molar-refractivity contribution in [1.29, 1.82) is 0 Å². The molecule has 1 aromatic heterocycles. The lowest BCUT2D eigenvalue weighted by Crippen LogP contribution is -2.34. The zero-order valence-corrected chi connectivity index (χ0v) is 13.4. The van der Waals surface area contributed by atoms with E-state index in [1.54, 1.807) is 6.92 Å². The van der Waals surface area contributed by atoms with Gasteiger partial charge in [0, 0.05) is 29.7 Å². The molecule has 128 valence electrons. The van der Waals surface area contributed by atoms with E-state index in [0.717, 1.165) is 17.7 Å². The quantitative estimate of drug-likeness (QED) is 0.771. The van der Waals surface area contributed by atoms with E-state index in [1.807, 2.05) is 30.3 Å². The minimum Gasteiger partial charge on any atom is -0.349 e. The van der Waals surface area contributed by atoms with Crippen molar-refractivity contribution < 1.29 is 18.1 Å². The Morgan fingerprint density at radius 2 is 1.84 bits per heavy atom. The fourth-order valence-electron chi connectivity index (χ4n) is 2.35. The zero-order chi connectivity index (χ0) is 17.8. The van der Waals surface area contributed by atoms with Crippen LogP contribution in [0.15, 0.2) is 53.1 Å². The number of hydrogen-bond acceptors (Lipinski definition) is 4. The summed E-state index contributed by atoms with van der Waals surface area (Å²) in [6.45, 7) is 1.74. The minimum atomic E-state index is -0.804. The molecule has 0 radical (unpaired) electrons. The van der Waals surface area contributed by atoms with Crippen LogP contribution in [0.25, 0.3) is 11.4 Å². The molecule has 7 heteroatoms. The molecule has 3 rings (SSSR count). The molecule has 1 heterocycles. The summed E-state index contributed by atoms with van der Waals surface area (Å²) in [5, 5.41) is 6.55. The van der Waals surface area contributed by atoms with Gasteiger partial charge in [-0.15, -0.1) is 0 Å². The van der Waals surface area contributed by atoms with Crippen LogP contribution in [-0.2, 0) is 6.42 Å². The molecule has 1 amide bonds. The van der Waals surface area contributed by atoms with Gasteiger partial charge in [-0.1, -0.05) is 35.5 Å². The van der Waals surface area contributed by atoms with Gasteiger partial charge in [0.05, 0.1) is 0 Å². The number of amides is 1. The molecule has 5 nitrogen and oxygen atoms in total. The summed E-state index contributed by atoms with van der Waals surface area (Å²) in [5.41, 5.74) is 0.740. The Hall–Kier alpha value is -3.09. The van der Waals surface area contributed by atoms with Crippen LogP contribution in [0.3, 0.4) is 0 Å². The Morgan fingerprint density at radius 3 is 2.52 bits per heavy atom. The Bertz CT molecular complexity index is 861. The van der Waals surface area contributed by atoms with E-state index in [4.69, 9.17) is 4.52 Å². The molecule has 0 fully saturated rings. The lowest BCUT2D eigenvalue weighted by atomic mass is 10.1. The van der Waals surface area contributed by atoms with Gasteiger partial charge < -0.3 is 9.84 Å². The van der Waals surface area contributed by atoms with E-state index in [-0.39, 0.29) is 11.6 Å². The summed E-state index contributed by atoms with van der Waals surface area (Å²) >= 11 is 0. The molecule has 1 N–H and O–H groups in total. The van der Waals surface area contributed by atoms with Crippen molar-refractivity contribution in [1.82, 2.24) is 15.5 Å². The summed E-state index contributed by atoms with van der Waals surface area (Å²) in [4.78, 5) is 16.3. The lowest BCUT2D eigenvalue weighted by Gasteiger charge is -2.11. The van der Waals surface area contributed by atoms with Gasteiger partial charge in [-0.05, 0) is 19.1 Å². The van der Waals surface area contributed by atoms with E-state index < -0.39 is 17.5 Å². The number of benzene rings is 2. The molecule has 0 saturated carbocycles. The number of nitrogens with one attached hydrogen (secondary N) is 1. The van der Waals surface area contributed by atoms with Crippen LogP contribution in [0.1, 0.15) is 23.2 Å². The number of carbonyl (C=O) groups excluding carboxylic acids is 1. The summed E-state index contributed by atoms with van der Waals surface area (Å²) in [6.07, 6.45) is 0.295. The van der Waals surface area contributed by atoms with Gasteiger partial charge in [0.15, 0.2) is 0 Å². The second kappa shape index (κ2) is 7.21. The van der Waals surface area contributed by atoms with Crippen molar-refractivity contribution in [2.75, 3.05) is 0 Å². The van der Waals surface area contributed by atoms with Crippen molar-refractivity contribution in [2.24, 2.45) is 0 Å². The molecular weight excluding hydrogens is 328 g/mol. The first-order valence-electron chi connectivity index (χ1n) is 7.66. The van der Waals surface area contributed by atoms with Crippen molar-refractivity contribution in [2.45, 2.75) is 19.4 Å². The predicted molar refractivity (Wildman–Crippen MR) is 86.7 cm³/mol. The maximum Gasteiger partial charge on any atom is 0.251 e. The van der Waals surface area contributed by atoms with E-state index in [0.29, 0.717) is 24.2 Å². The van der Waals surface area contributed by atoms with Crippen LogP contribution in [-0.4, -0.2) is 22.1 Å². The highest BCUT2D eigenvalue weighted by Gasteiger charge is 2.16. The first-order valence-corrected chi connectivity index (χ1v) is 7.66. The Kier molecular flexibility index (Phi) is 4.83. The minimum absolute atomic E-state index is 0.0835. The molecule has 25 heavy (non-hydrogen) atoms. The Labute approximate surface area is 142 Å². The van der Waals surface area contributed by atoms with Gasteiger partial charge in [0.2, 0.25) is 11.7 Å². The molecule has 3 aromatic rings. The fourth-order valence-corrected chi connectivity index (χ4v) is 2.35. The van der Waals surface area contributed by atoms with Crippen LogP contribution < -0.4 is 5.32 Å². The molecule has 0 aliphatic heterocycles. The van der Waals surface area contributed by atoms with E-state index in [9.17, 15) is 13.6 Å². The van der Waals surface area contributed by atoms with E-state index in [2.05, 4.69) is 15.5 Å². The number of hydrogen-bond donors (Lipinski definition) is 1. The molecular formula is C18H15F2N3O2. The Morgan fingerprint density at radius 1 is 1.16 bits per heavy atom. The molecule has 2 aromatic carbocycles. The van der Waals surface area contributed by atoms with Gasteiger partial charge in [0.1, 0.15) is 11.6 Å². The predicted octanol–water partition coefficient (Wildman–Crippen LogP) is 3.38. The number of aromatic nitrogens is 2. The lowest BCUT2D eigenvalue weighted by molar-refractivity contribution is 0.0937. The van der Waals surface area contributed by atoms with Gasteiger partial charge in [-0.3, -0.25) is 4.79 Å². The third-order valence-electron chi connectivity index (χ3n) is 3.48. The van der Waals surface area contributed by atoms with Gasteiger partial charge >= 0.3 is 0 Å². The van der Waals surface area contributed by atoms with E-state index in [1.165, 1.54) is 0 Å². The largest absolute Gasteiger partial charge is 0.349 e. The Balaban J connectivity index is 1.64. The van der Waals surface area contributed by atoms with Gasteiger partial charge in [0.25, 0.3) is 5.91 Å². The first-order chi connectivity index (χ1) is 12.0. The summed E-state index contributed by atoms with van der Waals surface area (Å²) in [7, 11) is 0. The highest BCUT2D eigenvalue weighted by molar-refractivity contribution is 5.94. The average Bonchev–Trinajstić information content (AvgIpc) is 3.03. The first kappa shape index (κ1) is 16.8. The third kappa shape index (κ3) is 4.26. The maximum absolute atomic E-state index is 13.2. The molecule has 0 spiro atoms. The van der Waals surface area contributed by atoms with Crippen LogP contribution in [0, 0.1) is 11.6 Å². The normalized spacial score (nSPS) is 12.0. The molecule has 0 saturated heterocycles. The van der Waals surface area contributed by atoms with Crippen molar-refractivity contribution in [3.8, 4) is 11.4 Å². The maximum atomic E-state index is 13.2. The highest BCUT2D eigenvalue weighted by Crippen LogP contribution is 2.15. The average molecular weight is 343 g/mol. The fraction of sp³-hybridized carbons (Fsp3) is 0.167. The number of rotatable bonds is 5.